The molecule has 2 atom stereocenters. The van der Waals surface area contributed by atoms with Crippen LogP contribution in [0.5, 0.6) is 0 Å². The molecule has 0 spiro atoms. The molecule has 1 aliphatic heterocycles. The van der Waals surface area contributed by atoms with Crippen molar-refractivity contribution in [3.8, 4) is 0 Å². The highest BCUT2D eigenvalue weighted by Crippen LogP contribution is 2.30. The van der Waals surface area contributed by atoms with E-state index in [2.05, 4.69) is 10.6 Å². The quantitative estimate of drug-likeness (QED) is 0.439. The summed E-state index contributed by atoms with van der Waals surface area (Å²) in [5, 5.41) is 15.0. The van der Waals surface area contributed by atoms with Gasteiger partial charge in [0.25, 0.3) is 5.91 Å². The number of amides is 4. The SMILES string of the molecule is O=C(O)CC(NC(=O)C1N(C(=O)CCC2CCCC2)CCN1C(=O)Nc1cccc(F)c1)C1CCCCC1. The Balaban J connectivity index is 1.51. The van der Waals surface area contributed by atoms with Gasteiger partial charge in [0.1, 0.15) is 5.82 Å². The Morgan fingerprint density at radius 2 is 1.66 bits per heavy atom. The molecule has 4 rings (SSSR count). The van der Waals surface area contributed by atoms with E-state index in [1.165, 1.54) is 40.8 Å². The van der Waals surface area contributed by atoms with E-state index < -0.39 is 35.9 Å². The molecule has 3 N–H and O–H groups in total. The van der Waals surface area contributed by atoms with Crippen LogP contribution < -0.4 is 10.6 Å². The van der Waals surface area contributed by atoms with Crippen molar-refractivity contribution in [2.45, 2.75) is 89.3 Å². The van der Waals surface area contributed by atoms with Gasteiger partial charge in [-0.3, -0.25) is 19.3 Å². The standard InChI is InChI=1S/C28H39FN4O5/c29-21-11-6-12-22(17-21)30-28(38)33-16-15-32(24(34)14-13-19-7-4-5-8-19)27(33)26(37)31-23(18-25(35)36)20-9-2-1-3-10-20/h6,11-12,17,19-20,23,27H,1-5,7-10,13-16,18H2,(H,30,38)(H,31,37)(H,35,36). The number of urea groups is 1. The fourth-order valence-electron chi connectivity index (χ4n) is 6.23. The van der Waals surface area contributed by atoms with Gasteiger partial charge in [0.15, 0.2) is 6.17 Å². The number of halogens is 1. The number of benzene rings is 1. The normalized spacial score (nSPS) is 21.3. The van der Waals surface area contributed by atoms with E-state index in [1.54, 1.807) is 6.07 Å². The molecule has 2 aliphatic carbocycles. The molecule has 9 nitrogen and oxygen atoms in total. The van der Waals surface area contributed by atoms with Gasteiger partial charge in [-0.1, -0.05) is 51.0 Å². The van der Waals surface area contributed by atoms with Crippen molar-refractivity contribution >= 4 is 29.5 Å². The molecule has 208 valence electrons. The maximum atomic E-state index is 13.7. The Kier molecular flexibility index (Phi) is 9.58. The highest BCUT2D eigenvalue weighted by Gasteiger charge is 2.44. The highest BCUT2D eigenvalue weighted by atomic mass is 19.1. The number of anilines is 1. The number of aliphatic carboxylic acids is 1. The van der Waals surface area contributed by atoms with E-state index in [-0.39, 0.29) is 37.0 Å². The number of carboxylic acids is 1. The predicted octanol–water partition coefficient (Wildman–Crippen LogP) is 4.34. The predicted molar refractivity (Wildman–Crippen MR) is 140 cm³/mol. The zero-order valence-corrected chi connectivity index (χ0v) is 21.9. The van der Waals surface area contributed by atoms with Crippen LogP contribution in [0.2, 0.25) is 0 Å². The van der Waals surface area contributed by atoms with Gasteiger partial charge < -0.3 is 20.6 Å². The van der Waals surface area contributed by atoms with E-state index in [0.717, 1.165) is 51.4 Å². The minimum absolute atomic E-state index is 0.0336. The van der Waals surface area contributed by atoms with Gasteiger partial charge in [-0.05, 0) is 49.3 Å². The van der Waals surface area contributed by atoms with Crippen molar-refractivity contribution in [2.24, 2.45) is 11.8 Å². The van der Waals surface area contributed by atoms with Crippen LogP contribution in [0.25, 0.3) is 0 Å². The molecule has 0 radical (unpaired) electrons. The van der Waals surface area contributed by atoms with Crippen LogP contribution in [0.1, 0.15) is 77.0 Å². The Labute approximate surface area is 223 Å². The van der Waals surface area contributed by atoms with Crippen molar-refractivity contribution in [3.63, 3.8) is 0 Å². The van der Waals surface area contributed by atoms with Gasteiger partial charge in [-0.25, -0.2) is 9.18 Å². The summed E-state index contributed by atoms with van der Waals surface area (Å²) in [5.41, 5.74) is 0.242. The lowest BCUT2D eigenvalue weighted by Crippen LogP contribution is -2.57. The lowest BCUT2D eigenvalue weighted by molar-refractivity contribution is -0.143. The molecule has 1 aromatic rings. The fraction of sp³-hybridized carbons (Fsp3) is 0.643. The summed E-state index contributed by atoms with van der Waals surface area (Å²) >= 11 is 0. The van der Waals surface area contributed by atoms with Crippen molar-refractivity contribution in [1.29, 1.82) is 0 Å². The second-order valence-electron chi connectivity index (χ2n) is 10.9. The number of rotatable bonds is 9. The van der Waals surface area contributed by atoms with Crippen LogP contribution in [0.15, 0.2) is 24.3 Å². The van der Waals surface area contributed by atoms with Crippen molar-refractivity contribution in [1.82, 2.24) is 15.1 Å². The smallest absolute Gasteiger partial charge is 0.323 e. The second kappa shape index (κ2) is 13.1. The number of nitrogens with zero attached hydrogens (tertiary/aromatic N) is 2. The number of carboxylic acid groups (broad SMARTS) is 1. The van der Waals surface area contributed by atoms with Crippen molar-refractivity contribution in [2.75, 3.05) is 18.4 Å². The zero-order valence-electron chi connectivity index (χ0n) is 21.9. The largest absolute Gasteiger partial charge is 0.481 e. The Hall–Kier alpha value is -3.17. The average Bonchev–Trinajstić information content (AvgIpc) is 3.57. The highest BCUT2D eigenvalue weighted by molar-refractivity contribution is 5.96. The molecule has 4 amide bonds. The molecule has 0 bridgehead atoms. The first-order valence-corrected chi connectivity index (χ1v) is 14.0. The fourth-order valence-corrected chi connectivity index (χ4v) is 6.23. The Morgan fingerprint density at radius 3 is 2.34 bits per heavy atom. The summed E-state index contributed by atoms with van der Waals surface area (Å²) in [6.45, 7) is 0.340. The maximum Gasteiger partial charge on any atom is 0.323 e. The van der Waals surface area contributed by atoms with Gasteiger partial charge in [0.05, 0.1) is 6.42 Å². The number of carbonyl (C=O) groups excluding carboxylic acids is 3. The molecular formula is C28H39FN4O5. The summed E-state index contributed by atoms with van der Waals surface area (Å²) in [7, 11) is 0. The number of hydrogen-bond acceptors (Lipinski definition) is 4. The van der Waals surface area contributed by atoms with Gasteiger partial charge in [0, 0.05) is 31.2 Å². The monoisotopic (exact) mass is 530 g/mol. The third-order valence-corrected chi connectivity index (χ3v) is 8.25. The van der Waals surface area contributed by atoms with E-state index in [4.69, 9.17) is 0 Å². The molecular weight excluding hydrogens is 491 g/mol. The summed E-state index contributed by atoms with van der Waals surface area (Å²) in [6, 6.07) is 4.26. The van der Waals surface area contributed by atoms with Crippen molar-refractivity contribution in [3.05, 3.63) is 30.1 Å². The van der Waals surface area contributed by atoms with Gasteiger partial charge >= 0.3 is 12.0 Å². The minimum atomic E-state index is -1.19. The molecule has 10 heteroatoms. The lowest BCUT2D eigenvalue weighted by atomic mass is 9.82. The van der Waals surface area contributed by atoms with Crippen LogP contribution in [0, 0.1) is 17.7 Å². The van der Waals surface area contributed by atoms with Crippen LogP contribution in [-0.4, -0.2) is 64.0 Å². The van der Waals surface area contributed by atoms with Gasteiger partial charge in [0.2, 0.25) is 5.91 Å². The van der Waals surface area contributed by atoms with Crippen LogP contribution in [0.4, 0.5) is 14.9 Å². The third-order valence-electron chi connectivity index (χ3n) is 8.25. The minimum Gasteiger partial charge on any atom is -0.481 e. The first-order valence-electron chi connectivity index (χ1n) is 14.0. The molecule has 0 aromatic heterocycles. The maximum absolute atomic E-state index is 13.7. The van der Waals surface area contributed by atoms with Crippen LogP contribution >= 0.6 is 0 Å². The molecule has 1 saturated heterocycles. The second-order valence-corrected chi connectivity index (χ2v) is 10.9. The molecule has 1 aromatic carbocycles. The first kappa shape index (κ1) is 27.9. The first-order chi connectivity index (χ1) is 18.3. The van der Waals surface area contributed by atoms with Crippen LogP contribution in [-0.2, 0) is 14.4 Å². The molecule has 1 heterocycles. The molecule has 2 saturated carbocycles. The number of carbonyl (C=O) groups is 4. The van der Waals surface area contributed by atoms with E-state index in [1.807, 2.05) is 0 Å². The lowest BCUT2D eigenvalue weighted by Gasteiger charge is -2.34. The van der Waals surface area contributed by atoms with E-state index >= 15 is 0 Å². The summed E-state index contributed by atoms with van der Waals surface area (Å²) in [4.78, 5) is 54.6. The summed E-state index contributed by atoms with van der Waals surface area (Å²) in [6.07, 6.45) is 8.92. The van der Waals surface area contributed by atoms with E-state index in [9.17, 15) is 28.7 Å². The molecule has 2 unspecified atom stereocenters. The number of hydrogen-bond donors (Lipinski definition) is 3. The molecule has 38 heavy (non-hydrogen) atoms. The number of nitrogens with one attached hydrogen (secondary N) is 2. The van der Waals surface area contributed by atoms with E-state index in [0.29, 0.717) is 12.3 Å². The summed E-state index contributed by atoms with van der Waals surface area (Å²) < 4.78 is 13.7. The van der Waals surface area contributed by atoms with Crippen molar-refractivity contribution < 1.29 is 28.7 Å². The van der Waals surface area contributed by atoms with Crippen LogP contribution in [0.3, 0.4) is 0 Å². The topological polar surface area (TPSA) is 119 Å². The Morgan fingerprint density at radius 1 is 0.974 bits per heavy atom. The van der Waals surface area contributed by atoms with Gasteiger partial charge in [-0.2, -0.15) is 0 Å². The molecule has 3 aliphatic rings. The Bertz CT molecular complexity index is 1010. The average molecular weight is 531 g/mol. The summed E-state index contributed by atoms with van der Waals surface area (Å²) in [5.74, 6) is -1.71. The molecule has 3 fully saturated rings. The zero-order chi connectivity index (χ0) is 27.1. The van der Waals surface area contributed by atoms with Gasteiger partial charge in [-0.15, -0.1) is 0 Å². The third kappa shape index (κ3) is 7.23.